The maximum absolute atomic E-state index is 12.1. The topological polar surface area (TPSA) is 55.4 Å². The van der Waals surface area contributed by atoms with Crippen LogP contribution in [0.15, 0.2) is 23.1 Å². The SMILES string of the molecule is CCNS(=O)(=O)c1cc(C(C)(C)C)ccc1OC. The number of nitrogens with one attached hydrogen (secondary N) is 1. The molecule has 0 aromatic heterocycles. The molecule has 0 atom stereocenters. The van der Waals surface area contributed by atoms with Crippen molar-refractivity contribution in [3.05, 3.63) is 23.8 Å². The molecule has 0 fully saturated rings. The first-order chi connectivity index (χ1) is 8.22. The van der Waals surface area contributed by atoms with Crippen molar-refractivity contribution >= 4 is 10.0 Å². The highest BCUT2D eigenvalue weighted by Crippen LogP contribution is 2.30. The van der Waals surface area contributed by atoms with Crippen LogP contribution < -0.4 is 9.46 Å². The Bertz CT molecular complexity index is 516. The molecule has 5 heteroatoms. The van der Waals surface area contributed by atoms with Crippen LogP contribution in [0.25, 0.3) is 0 Å². The molecule has 1 N–H and O–H groups in total. The minimum Gasteiger partial charge on any atom is -0.495 e. The fraction of sp³-hybridized carbons (Fsp3) is 0.538. The Balaban J connectivity index is 3.41. The minimum absolute atomic E-state index is 0.108. The lowest BCUT2D eigenvalue weighted by molar-refractivity contribution is 0.401. The molecule has 1 aromatic carbocycles. The van der Waals surface area contributed by atoms with E-state index in [9.17, 15) is 8.42 Å². The zero-order valence-corrected chi connectivity index (χ0v) is 12.4. The van der Waals surface area contributed by atoms with E-state index >= 15 is 0 Å². The highest BCUT2D eigenvalue weighted by Gasteiger charge is 2.22. The van der Waals surface area contributed by atoms with Gasteiger partial charge < -0.3 is 4.74 Å². The molecule has 0 spiro atoms. The molecule has 0 radical (unpaired) electrons. The van der Waals surface area contributed by atoms with Crippen LogP contribution in [0.2, 0.25) is 0 Å². The van der Waals surface area contributed by atoms with Gasteiger partial charge in [-0.2, -0.15) is 0 Å². The molecule has 1 rings (SSSR count). The molecule has 0 amide bonds. The maximum Gasteiger partial charge on any atom is 0.244 e. The summed E-state index contributed by atoms with van der Waals surface area (Å²) >= 11 is 0. The van der Waals surface area contributed by atoms with Crippen LogP contribution in [0, 0.1) is 0 Å². The average molecular weight is 271 g/mol. The fourth-order valence-corrected chi connectivity index (χ4v) is 2.85. The number of ether oxygens (including phenoxy) is 1. The summed E-state index contributed by atoms with van der Waals surface area (Å²) in [6.45, 7) is 8.22. The number of methoxy groups -OCH3 is 1. The fourth-order valence-electron chi connectivity index (χ4n) is 1.62. The molecule has 0 aliphatic carbocycles. The Labute approximate surface area is 109 Å². The third-order valence-corrected chi connectivity index (χ3v) is 4.22. The third-order valence-electron chi connectivity index (χ3n) is 2.65. The van der Waals surface area contributed by atoms with E-state index in [4.69, 9.17) is 4.74 Å². The normalized spacial score (nSPS) is 12.5. The first kappa shape index (κ1) is 15.0. The second-order valence-corrected chi connectivity index (χ2v) is 6.85. The van der Waals surface area contributed by atoms with Gasteiger partial charge in [-0.15, -0.1) is 0 Å². The van der Waals surface area contributed by atoms with E-state index in [1.54, 1.807) is 19.1 Å². The molecule has 0 bridgehead atoms. The van der Waals surface area contributed by atoms with Gasteiger partial charge in [0.25, 0.3) is 0 Å². The summed E-state index contributed by atoms with van der Waals surface area (Å²) in [7, 11) is -2.04. The largest absolute Gasteiger partial charge is 0.495 e. The van der Waals surface area contributed by atoms with Crippen molar-refractivity contribution in [1.29, 1.82) is 0 Å². The zero-order chi connectivity index (χ0) is 14.0. The highest BCUT2D eigenvalue weighted by molar-refractivity contribution is 7.89. The van der Waals surface area contributed by atoms with Crippen LogP contribution in [0.3, 0.4) is 0 Å². The maximum atomic E-state index is 12.1. The third kappa shape index (κ3) is 3.23. The Morgan fingerprint density at radius 2 is 1.89 bits per heavy atom. The summed E-state index contributed by atoms with van der Waals surface area (Å²) in [6.07, 6.45) is 0. The molecule has 18 heavy (non-hydrogen) atoms. The summed E-state index contributed by atoms with van der Waals surface area (Å²) in [5.74, 6) is 0.365. The van der Waals surface area contributed by atoms with E-state index < -0.39 is 10.0 Å². The summed E-state index contributed by atoms with van der Waals surface area (Å²) < 4.78 is 31.8. The molecular formula is C13H21NO3S. The number of hydrogen-bond donors (Lipinski definition) is 1. The zero-order valence-electron chi connectivity index (χ0n) is 11.6. The van der Waals surface area contributed by atoms with Crippen molar-refractivity contribution in [3.63, 3.8) is 0 Å². The van der Waals surface area contributed by atoms with E-state index in [1.807, 2.05) is 26.8 Å². The van der Waals surface area contributed by atoms with Crippen LogP contribution in [0.1, 0.15) is 33.3 Å². The van der Waals surface area contributed by atoms with E-state index in [1.165, 1.54) is 7.11 Å². The van der Waals surface area contributed by atoms with Crippen LogP contribution in [0.5, 0.6) is 5.75 Å². The van der Waals surface area contributed by atoms with E-state index in [2.05, 4.69) is 4.72 Å². The van der Waals surface area contributed by atoms with Gasteiger partial charge >= 0.3 is 0 Å². The number of sulfonamides is 1. The van der Waals surface area contributed by atoms with Crippen molar-refractivity contribution in [1.82, 2.24) is 4.72 Å². The van der Waals surface area contributed by atoms with Crippen molar-refractivity contribution in [2.45, 2.75) is 38.0 Å². The lowest BCUT2D eigenvalue weighted by Gasteiger charge is -2.21. The Morgan fingerprint density at radius 3 is 2.33 bits per heavy atom. The van der Waals surface area contributed by atoms with Crippen molar-refractivity contribution in [2.24, 2.45) is 0 Å². The Kier molecular flexibility index (Phi) is 4.40. The van der Waals surface area contributed by atoms with E-state index in [-0.39, 0.29) is 10.3 Å². The first-order valence-corrected chi connectivity index (χ1v) is 7.39. The van der Waals surface area contributed by atoms with Crippen LogP contribution in [-0.4, -0.2) is 22.1 Å². The summed E-state index contributed by atoms with van der Waals surface area (Å²) in [4.78, 5) is 0.194. The van der Waals surface area contributed by atoms with E-state index in [0.717, 1.165) is 5.56 Å². The van der Waals surface area contributed by atoms with Gasteiger partial charge in [-0.25, -0.2) is 13.1 Å². The number of benzene rings is 1. The second kappa shape index (κ2) is 5.28. The molecule has 0 heterocycles. The molecule has 0 aliphatic heterocycles. The van der Waals surface area contributed by atoms with Gasteiger partial charge in [-0.05, 0) is 23.1 Å². The van der Waals surface area contributed by atoms with Gasteiger partial charge in [0, 0.05) is 6.54 Å². The summed E-state index contributed by atoms with van der Waals surface area (Å²) in [5.41, 5.74) is 0.850. The average Bonchev–Trinajstić information content (AvgIpc) is 2.27. The molecule has 0 unspecified atom stereocenters. The lowest BCUT2D eigenvalue weighted by Crippen LogP contribution is -2.24. The molecular weight excluding hydrogens is 250 g/mol. The van der Waals surface area contributed by atoms with Gasteiger partial charge in [0.05, 0.1) is 7.11 Å². The molecule has 4 nitrogen and oxygen atoms in total. The Morgan fingerprint density at radius 1 is 1.28 bits per heavy atom. The van der Waals surface area contributed by atoms with Gasteiger partial charge in [-0.1, -0.05) is 33.8 Å². The predicted octanol–water partition coefficient (Wildman–Crippen LogP) is 2.29. The quantitative estimate of drug-likeness (QED) is 0.914. The molecule has 0 aliphatic rings. The first-order valence-electron chi connectivity index (χ1n) is 5.90. The van der Waals surface area contributed by atoms with Crippen molar-refractivity contribution in [3.8, 4) is 5.75 Å². The smallest absolute Gasteiger partial charge is 0.244 e. The van der Waals surface area contributed by atoms with Gasteiger partial charge in [0.15, 0.2) is 0 Å². The van der Waals surface area contributed by atoms with Crippen molar-refractivity contribution < 1.29 is 13.2 Å². The number of hydrogen-bond acceptors (Lipinski definition) is 3. The Hall–Kier alpha value is -1.07. The van der Waals surface area contributed by atoms with Crippen LogP contribution in [-0.2, 0) is 15.4 Å². The standard InChI is InChI=1S/C13H21NO3S/c1-6-14-18(15,16)12-9-10(13(2,3)4)7-8-11(12)17-5/h7-9,14H,6H2,1-5H3. The monoisotopic (exact) mass is 271 g/mol. The van der Waals surface area contributed by atoms with E-state index in [0.29, 0.717) is 12.3 Å². The summed E-state index contributed by atoms with van der Waals surface area (Å²) in [5, 5.41) is 0. The van der Waals surface area contributed by atoms with Gasteiger partial charge in [-0.3, -0.25) is 0 Å². The van der Waals surface area contributed by atoms with Crippen molar-refractivity contribution in [2.75, 3.05) is 13.7 Å². The predicted molar refractivity (Wildman–Crippen MR) is 72.6 cm³/mol. The van der Waals surface area contributed by atoms with Gasteiger partial charge in [0.1, 0.15) is 10.6 Å². The van der Waals surface area contributed by atoms with Crippen LogP contribution in [0.4, 0.5) is 0 Å². The van der Waals surface area contributed by atoms with Crippen LogP contribution >= 0.6 is 0 Å². The van der Waals surface area contributed by atoms with Gasteiger partial charge in [0.2, 0.25) is 10.0 Å². The minimum atomic E-state index is -3.51. The number of rotatable bonds is 4. The second-order valence-electron chi connectivity index (χ2n) is 5.12. The molecule has 1 aromatic rings. The summed E-state index contributed by atoms with van der Waals surface area (Å²) in [6, 6.07) is 5.27. The molecule has 0 saturated carbocycles. The lowest BCUT2D eigenvalue weighted by atomic mass is 9.87. The highest BCUT2D eigenvalue weighted by atomic mass is 32.2. The molecule has 102 valence electrons. The molecule has 0 saturated heterocycles.